The number of furan rings is 1. The summed E-state index contributed by atoms with van der Waals surface area (Å²) in [5.41, 5.74) is 0. The number of aliphatic carboxylic acids is 1. The van der Waals surface area contributed by atoms with Crippen molar-refractivity contribution >= 4 is 17.8 Å². The molecule has 0 aliphatic carbocycles. The Morgan fingerprint density at radius 3 is 2.44 bits per heavy atom. The Bertz CT molecular complexity index is 478. The Labute approximate surface area is 102 Å². The van der Waals surface area contributed by atoms with Crippen molar-refractivity contribution in [3.63, 3.8) is 0 Å². The Kier molecular flexibility index (Phi) is 4.03. The maximum Gasteiger partial charge on any atom is 0.433 e. The Hall–Kier alpha value is -2.38. The van der Waals surface area contributed by atoms with Gasteiger partial charge in [-0.05, 0) is 12.0 Å². The molecule has 0 saturated heterocycles. The van der Waals surface area contributed by atoms with Crippen LogP contribution < -0.4 is 5.32 Å². The highest BCUT2D eigenvalue weighted by molar-refractivity contribution is 5.94. The van der Waals surface area contributed by atoms with Crippen LogP contribution in [-0.4, -0.2) is 27.9 Å². The van der Waals surface area contributed by atoms with Gasteiger partial charge in [-0.3, -0.25) is 14.9 Å². The zero-order valence-corrected chi connectivity index (χ0v) is 9.75. The number of hydrogen-bond acceptors (Lipinski definition) is 5. The summed E-state index contributed by atoms with van der Waals surface area (Å²) in [4.78, 5) is 32.1. The summed E-state index contributed by atoms with van der Waals surface area (Å²) in [5, 5.41) is 21.5. The van der Waals surface area contributed by atoms with Crippen molar-refractivity contribution in [3.8, 4) is 0 Å². The number of carbonyl (C=O) groups is 2. The zero-order chi connectivity index (χ0) is 13.9. The third kappa shape index (κ3) is 3.06. The third-order valence-corrected chi connectivity index (χ3v) is 2.21. The summed E-state index contributed by atoms with van der Waals surface area (Å²) in [6.07, 6.45) is 0. The predicted molar refractivity (Wildman–Crippen MR) is 59.1 cm³/mol. The molecule has 0 fully saturated rings. The monoisotopic (exact) mass is 256 g/mol. The first-order valence-electron chi connectivity index (χ1n) is 5.10. The fourth-order valence-electron chi connectivity index (χ4n) is 1.27. The lowest BCUT2D eigenvalue weighted by Gasteiger charge is -2.16. The summed E-state index contributed by atoms with van der Waals surface area (Å²) in [6, 6.07) is 1.06. The predicted octanol–water partition coefficient (Wildman–Crippen LogP) is 1.03. The van der Waals surface area contributed by atoms with Gasteiger partial charge in [0.2, 0.25) is 0 Å². The summed E-state index contributed by atoms with van der Waals surface area (Å²) >= 11 is 0. The molecular weight excluding hydrogens is 244 g/mol. The van der Waals surface area contributed by atoms with Crippen LogP contribution in [0.3, 0.4) is 0 Å². The van der Waals surface area contributed by atoms with E-state index in [1.807, 2.05) is 0 Å². The van der Waals surface area contributed by atoms with Gasteiger partial charge < -0.3 is 14.8 Å². The van der Waals surface area contributed by atoms with Crippen LogP contribution in [0.5, 0.6) is 0 Å². The van der Waals surface area contributed by atoms with Crippen LogP contribution in [0.15, 0.2) is 16.5 Å². The minimum absolute atomic E-state index is 0.298. The van der Waals surface area contributed by atoms with Gasteiger partial charge in [-0.1, -0.05) is 13.8 Å². The number of amides is 1. The van der Waals surface area contributed by atoms with E-state index in [0.29, 0.717) is 0 Å². The maximum atomic E-state index is 11.6. The number of carboxylic acid groups (broad SMARTS) is 1. The molecule has 0 spiro atoms. The Morgan fingerprint density at radius 2 is 2.06 bits per heavy atom. The number of nitrogens with one attached hydrogen (secondary N) is 1. The average Bonchev–Trinajstić information content (AvgIpc) is 2.73. The van der Waals surface area contributed by atoms with Crippen LogP contribution in [0.25, 0.3) is 0 Å². The quantitative estimate of drug-likeness (QED) is 0.599. The van der Waals surface area contributed by atoms with Gasteiger partial charge in [-0.15, -0.1) is 0 Å². The lowest BCUT2D eigenvalue weighted by atomic mass is 10.0. The SMILES string of the molecule is CC(C)[C@@H](NC(=O)c1ccc([N+](=O)[O-])o1)C(=O)O. The van der Waals surface area contributed by atoms with Crippen LogP contribution >= 0.6 is 0 Å². The highest BCUT2D eigenvalue weighted by Crippen LogP contribution is 2.16. The van der Waals surface area contributed by atoms with Crippen LogP contribution in [-0.2, 0) is 4.79 Å². The van der Waals surface area contributed by atoms with E-state index in [9.17, 15) is 19.7 Å². The van der Waals surface area contributed by atoms with Gasteiger partial charge >= 0.3 is 11.9 Å². The number of nitro groups is 1. The minimum Gasteiger partial charge on any atom is -0.480 e. The molecule has 98 valence electrons. The zero-order valence-electron chi connectivity index (χ0n) is 9.75. The molecule has 1 atom stereocenters. The topological polar surface area (TPSA) is 123 Å². The molecule has 1 amide bonds. The van der Waals surface area contributed by atoms with Crippen molar-refractivity contribution in [2.75, 3.05) is 0 Å². The van der Waals surface area contributed by atoms with Gasteiger partial charge in [0, 0.05) is 0 Å². The van der Waals surface area contributed by atoms with E-state index >= 15 is 0 Å². The Balaban J connectivity index is 2.80. The van der Waals surface area contributed by atoms with Gasteiger partial charge in [0.25, 0.3) is 5.91 Å². The summed E-state index contributed by atoms with van der Waals surface area (Å²) in [7, 11) is 0. The molecule has 8 nitrogen and oxygen atoms in total. The number of carboxylic acids is 1. The number of hydrogen-bond donors (Lipinski definition) is 2. The normalized spacial score (nSPS) is 12.2. The molecule has 18 heavy (non-hydrogen) atoms. The lowest BCUT2D eigenvalue weighted by molar-refractivity contribution is -0.402. The molecule has 0 radical (unpaired) electrons. The van der Waals surface area contributed by atoms with Crippen molar-refractivity contribution in [1.29, 1.82) is 0 Å². The summed E-state index contributed by atoms with van der Waals surface area (Å²) < 4.78 is 4.66. The standard InChI is InChI=1S/C10H12N2O6/c1-5(2)8(10(14)15)11-9(13)6-3-4-7(18-6)12(16)17/h3-5,8H,1-2H3,(H,11,13)(H,14,15)/t8-/m1/s1. The van der Waals surface area contributed by atoms with Gasteiger partial charge in [0.1, 0.15) is 11.0 Å². The van der Waals surface area contributed by atoms with E-state index < -0.39 is 28.7 Å². The van der Waals surface area contributed by atoms with Gasteiger partial charge in [0.05, 0.1) is 6.07 Å². The van der Waals surface area contributed by atoms with Gasteiger partial charge in [0.15, 0.2) is 5.76 Å². The van der Waals surface area contributed by atoms with Crippen LogP contribution in [0.2, 0.25) is 0 Å². The molecule has 0 unspecified atom stereocenters. The minimum atomic E-state index is -1.18. The van der Waals surface area contributed by atoms with Crippen LogP contribution in [0.4, 0.5) is 5.88 Å². The summed E-state index contributed by atoms with van der Waals surface area (Å²) in [5.74, 6) is -3.18. The van der Waals surface area contributed by atoms with Crippen molar-refractivity contribution in [2.24, 2.45) is 5.92 Å². The molecule has 1 aromatic rings. The van der Waals surface area contributed by atoms with Crippen molar-refractivity contribution in [3.05, 3.63) is 28.0 Å². The van der Waals surface area contributed by atoms with Crippen molar-refractivity contribution in [2.45, 2.75) is 19.9 Å². The molecule has 0 saturated carbocycles. The lowest BCUT2D eigenvalue weighted by Crippen LogP contribution is -2.44. The second kappa shape index (κ2) is 5.30. The first-order chi connectivity index (χ1) is 8.32. The van der Waals surface area contributed by atoms with E-state index in [2.05, 4.69) is 9.73 Å². The molecular formula is C10H12N2O6. The third-order valence-electron chi connectivity index (χ3n) is 2.21. The fourth-order valence-corrected chi connectivity index (χ4v) is 1.27. The molecule has 1 aromatic heterocycles. The van der Waals surface area contributed by atoms with Gasteiger partial charge in [-0.2, -0.15) is 0 Å². The van der Waals surface area contributed by atoms with E-state index in [-0.39, 0.29) is 11.7 Å². The largest absolute Gasteiger partial charge is 0.480 e. The molecule has 0 aliphatic heterocycles. The second-order valence-corrected chi connectivity index (χ2v) is 3.93. The molecule has 1 rings (SSSR count). The van der Waals surface area contributed by atoms with Crippen molar-refractivity contribution < 1.29 is 24.0 Å². The summed E-state index contributed by atoms with van der Waals surface area (Å²) in [6.45, 7) is 3.26. The van der Waals surface area contributed by atoms with E-state index in [1.165, 1.54) is 0 Å². The highest BCUT2D eigenvalue weighted by atomic mass is 16.6. The molecule has 2 N–H and O–H groups in total. The highest BCUT2D eigenvalue weighted by Gasteiger charge is 2.26. The molecule has 1 heterocycles. The van der Waals surface area contributed by atoms with E-state index in [4.69, 9.17) is 5.11 Å². The van der Waals surface area contributed by atoms with Crippen LogP contribution in [0.1, 0.15) is 24.4 Å². The molecule has 8 heteroatoms. The smallest absolute Gasteiger partial charge is 0.433 e. The second-order valence-electron chi connectivity index (χ2n) is 3.93. The fraction of sp³-hybridized carbons (Fsp3) is 0.400. The maximum absolute atomic E-state index is 11.6. The molecule has 0 bridgehead atoms. The molecule has 0 aromatic carbocycles. The van der Waals surface area contributed by atoms with E-state index in [0.717, 1.165) is 12.1 Å². The number of rotatable bonds is 5. The van der Waals surface area contributed by atoms with Gasteiger partial charge in [-0.25, -0.2) is 4.79 Å². The average molecular weight is 256 g/mol. The Morgan fingerprint density at radius 1 is 1.44 bits per heavy atom. The van der Waals surface area contributed by atoms with Crippen molar-refractivity contribution in [1.82, 2.24) is 5.32 Å². The number of carbonyl (C=O) groups excluding carboxylic acids is 1. The van der Waals surface area contributed by atoms with Crippen LogP contribution in [0, 0.1) is 16.0 Å². The first kappa shape index (κ1) is 13.7. The number of nitrogens with zero attached hydrogens (tertiary/aromatic N) is 1. The molecule has 0 aliphatic rings. The first-order valence-corrected chi connectivity index (χ1v) is 5.10. The van der Waals surface area contributed by atoms with E-state index in [1.54, 1.807) is 13.8 Å².